The third-order valence-corrected chi connectivity index (χ3v) is 3.96. The van der Waals surface area contributed by atoms with Crippen molar-refractivity contribution in [1.82, 2.24) is 10.6 Å². The van der Waals surface area contributed by atoms with Crippen molar-refractivity contribution >= 4 is 0 Å². The van der Waals surface area contributed by atoms with E-state index < -0.39 is 0 Å². The van der Waals surface area contributed by atoms with Crippen LogP contribution in [0.25, 0.3) is 0 Å². The van der Waals surface area contributed by atoms with Crippen molar-refractivity contribution < 1.29 is 0 Å². The van der Waals surface area contributed by atoms with E-state index in [1.54, 1.807) is 0 Å². The summed E-state index contributed by atoms with van der Waals surface area (Å²) in [7, 11) is 0. The smallest absolute Gasteiger partial charge is 0.0193 e. The van der Waals surface area contributed by atoms with Gasteiger partial charge >= 0.3 is 0 Å². The molecule has 0 saturated carbocycles. The minimum Gasteiger partial charge on any atom is -0.315 e. The molecule has 2 heteroatoms. The number of rotatable bonds is 4. The van der Waals surface area contributed by atoms with Crippen LogP contribution < -0.4 is 10.6 Å². The summed E-state index contributed by atoms with van der Waals surface area (Å²) in [5.74, 6) is 0. The van der Waals surface area contributed by atoms with Crippen LogP contribution in [0.15, 0.2) is 24.3 Å². The third kappa shape index (κ3) is 3.56. The van der Waals surface area contributed by atoms with Gasteiger partial charge in [0.2, 0.25) is 0 Å². The Balaban J connectivity index is 1.91. The van der Waals surface area contributed by atoms with Crippen LogP contribution in [0.5, 0.6) is 0 Å². The quantitative estimate of drug-likeness (QED) is 0.853. The second-order valence-electron chi connectivity index (χ2n) is 6.17. The zero-order valence-electron chi connectivity index (χ0n) is 11.9. The summed E-state index contributed by atoms with van der Waals surface area (Å²) in [6, 6.07) is 9.58. The Morgan fingerprint density at radius 3 is 2.61 bits per heavy atom. The van der Waals surface area contributed by atoms with E-state index in [4.69, 9.17) is 0 Å². The molecular formula is C16H26N2. The molecule has 100 valence electrons. The lowest BCUT2D eigenvalue weighted by Gasteiger charge is -2.31. The number of aryl methyl sites for hydroxylation is 1. The maximum Gasteiger partial charge on any atom is 0.0193 e. The maximum atomic E-state index is 3.71. The molecule has 1 saturated heterocycles. The Morgan fingerprint density at radius 1 is 1.28 bits per heavy atom. The van der Waals surface area contributed by atoms with Gasteiger partial charge in [-0.05, 0) is 31.9 Å². The van der Waals surface area contributed by atoms with E-state index in [0.717, 1.165) is 13.1 Å². The fourth-order valence-electron chi connectivity index (χ4n) is 2.53. The molecule has 2 rings (SSSR count). The average molecular weight is 246 g/mol. The first-order valence-corrected chi connectivity index (χ1v) is 7.09. The lowest BCUT2D eigenvalue weighted by atomic mass is 9.84. The summed E-state index contributed by atoms with van der Waals surface area (Å²) in [5.41, 5.74) is 2.95. The Kier molecular flexibility index (Phi) is 4.41. The fourth-order valence-corrected chi connectivity index (χ4v) is 2.53. The lowest BCUT2D eigenvalue weighted by Crippen LogP contribution is -2.47. The van der Waals surface area contributed by atoms with Crippen molar-refractivity contribution in [2.45, 2.75) is 45.1 Å². The van der Waals surface area contributed by atoms with Gasteiger partial charge in [-0.2, -0.15) is 0 Å². The zero-order chi connectivity index (χ0) is 13.0. The number of hydrogen-bond acceptors (Lipinski definition) is 2. The standard InChI is InChI=1S/C16H26N2/c1-13-6-8-14(9-7-13)16(2,3)12-18-15-5-4-10-17-11-15/h6-9,15,17-18H,4-5,10-12H2,1-3H3. The molecule has 0 aliphatic carbocycles. The minimum atomic E-state index is 0.200. The van der Waals surface area contributed by atoms with Crippen molar-refractivity contribution in [2.24, 2.45) is 0 Å². The van der Waals surface area contributed by atoms with Crippen LogP contribution in [0.3, 0.4) is 0 Å². The fraction of sp³-hybridized carbons (Fsp3) is 0.625. The molecule has 1 heterocycles. The molecule has 2 N–H and O–H groups in total. The molecule has 1 aliphatic rings. The van der Waals surface area contributed by atoms with Crippen molar-refractivity contribution in [3.8, 4) is 0 Å². The summed E-state index contributed by atoms with van der Waals surface area (Å²) in [6.45, 7) is 10.1. The summed E-state index contributed by atoms with van der Waals surface area (Å²) in [5, 5.41) is 7.17. The first-order valence-electron chi connectivity index (χ1n) is 7.09. The van der Waals surface area contributed by atoms with Crippen LogP contribution >= 0.6 is 0 Å². The molecule has 1 aromatic rings. The van der Waals surface area contributed by atoms with Gasteiger partial charge in [0, 0.05) is 24.5 Å². The lowest BCUT2D eigenvalue weighted by molar-refractivity contribution is 0.354. The molecule has 0 radical (unpaired) electrons. The first kappa shape index (κ1) is 13.6. The Labute approximate surface area is 111 Å². The van der Waals surface area contributed by atoms with Gasteiger partial charge in [0.1, 0.15) is 0 Å². The highest BCUT2D eigenvalue weighted by Crippen LogP contribution is 2.23. The van der Waals surface area contributed by atoms with Crippen molar-refractivity contribution in [3.05, 3.63) is 35.4 Å². The van der Waals surface area contributed by atoms with E-state index in [-0.39, 0.29) is 5.41 Å². The SMILES string of the molecule is Cc1ccc(C(C)(C)CNC2CCCNC2)cc1. The van der Waals surface area contributed by atoms with Gasteiger partial charge in [0.05, 0.1) is 0 Å². The van der Waals surface area contributed by atoms with E-state index in [0.29, 0.717) is 6.04 Å². The van der Waals surface area contributed by atoms with Gasteiger partial charge in [0.25, 0.3) is 0 Å². The number of benzene rings is 1. The van der Waals surface area contributed by atoms with E-state index >= 15 is 0 Å². The van der Waals surface area contributed by atoms with Gasteiger partial charge in [0.15, 0.2) is 0 Å². The van der Waals surface area contributed by atoms with Crippen molar-refractivity contribution in [2.75, 3.05) is 19.6 Å². The molecule has 18 heavy (non-hydrogen) atoms. The molecule has 1 aliphatic heterocycles. The summed E-state index contributed by atoms with van der Waals surface area (Å²) in [4.78, 5) is 0. The Bertz CT molecular complexity index is 361. The van der Waals surface area contributed by atoms with E-state index in [1.165, 1.54) is 30.5 Å². The Hall–Kier alpha value is -0.860. The van der Waals surface area contributed by atoms with Crippen LogP contribution in [0, 0.1) is 6.92 Å². The van der Waals surface area contributed by atoms with Gasteiger partial charge in [-0.3, -0.25) is 0 Å². The molecule has 2 nitrogen and oxygen atoms in total. The van der Waals surface area contributed by atoms with Crippen LogP contribution in [0.2, 0.25) is 0 Å². The van der Waals surface area contributed by atoms with Gasteiger partial charge < -0.3 is 10.6 Å². The highest BCUT2D eigenvalue weighted by atomic mass is 15.0. The average Bonchev–Trinajstić information content (AvgIpc) is 2.38. The van der Waals surface area contributed by atoms with Crippen LogP contribution in [-0.2, 0) is 5.41 Å². The van der Waals surface area contributed by atoms with E-state index in [9.17, 15) is 0 Å². The molecule has 0 spiro atoms. The van der Waals surface area contributed by atoms with Crippen molar-refractivity contribution in [1.29, 1.82) is 0 Å². The van der Waals surface area contributed by atoms with Crippen LogP contribution in [-0.4, -0.2) is 25.7 Å². The van der Waals surface area contributed by atoms with E-state index in [2.05, 4.69) is 55.7 Å². The number of nitrogens with one attached hydrogen (secondary N) is 2. The van der Waals surface area contributed by atoms with Gasteiger partial charge in [-0.1, -0.05) is 43.7 Å². The van der Waals surface area contributed by atoms with Gasteiger partial charge in [-0.15, -0.1) is 0 Å². The molecule has 1 aromatic carbocycles. The first-order chi connectivity index (χ1) is 8.58. The third-order valence-electron chi connectivity index (χ3n) is 3.96. The second-order valence-corrected chi connectivity index (χ2v) is 6.17. The number of piperidine rings is 1. The highest BCUT2D eigenvalue weighted by molar-refractivity contribution is 5.27. The number of hydrogen-bond donors (Lipinski definition) is 2. The topological polar surface area (TPSA) is 24.1 Å². The van der Waals surface area contributed by atoms with Crippen molar-refractivity contribution in [3.63, 3.8) is 0 Å². The molecule has 0 bridgehead atoms. The highest BCUT2D eigenvalue weighted by Gasteiger charge is 2.22. The molecule has 0 aromatic heterocycles. The summed E-state index contributed by atoms with van der Waals surface area (Å²) in [6.07, 6.45) is 2.60. The van der Waals surface area contributed by atoms with Gasteiger partial charge in [-0.25, -0.2) is 0 Å². The monoisotopic (exact) mass is 246 g/mol. The molecule has 1 unspecified atom stereocenters. The summed E-state index contributed by atoms with van der Waals surface area (Å²) >= 11 is 0. The normalized spacial score (nSPS) is 20.9. The second kappa shape index (κ2) is 5.85. The molecule has 0 amide bonds. The minimum absolute atomic E-state index is 0.200. The predicted octanol–water partition coefficient (Wildman–Crippen LogP) is 2.61. The Morgan fingerprint density at radius 2 is 2.00 bits per heavy atom. The molecule has 1 atom stereocenters. The van der Waals surface area contributed by atoms with Crippen LogP contribution in [0.1, 0.15) is 37.8 Å². The molecular weight excluding hydrogens is 220 g/mol. The molecule has 1 fully saturated rings. The maximum absolute atomic E-state index is 3.71. The van der Waals surface area contributed by atoms with E-state index in [1.807, 2.05) is 0 Å². The van der Waals surface area contributed by atoms with Crippen LogP contribution in [0.4, 0.5) is 0 Å². The predicted molar refractivity (Wildman–Crippen MR) is 78.1 cm³/mol. The largest absolute Gasteiger partial charge is 0.315 e. The summed E-state index contributed by atoms with van der Waals surface area (Å²) < 4.78 is 0. The zero-order valence-corrected chi connectivity index (χ0v) is 11.9.